The van der Waals surface area contributed by atoms with E-state index in [0.29, 0.717) is 0 Å². The number of hydrogen-bond donors (Lipinski definition) is 2. The fourth-order valence-electron chi connectivity index (χ4n) is 6.70. The molecule has 0 aliphatic heterocycles. The van der Waals surface area contributed by atoms with Crippen LogP contribution < -0.4 is 5.73 Å². The summed E-state index contributed by atoms with van der Waals surface area (Å²) in [7, 11) is 0. The first-order valence-electron chi connectivity index (χ1n) is 26.0. The van der Waals surface area contributed by atoms with Gasteiger partial charge in [0.2, 0.25) is 0 Å². The largest absolute Gasteiger partial charge is 0.490 e. The molecule has 0 aliphatic carbocycles. The SMILES string of the molecule is CCCCCCCCC(=O)OCC(COC(=O)CCCCCCCC)CC(=O)OCC(N)COC(=O)CC(COC(=O)CCCCCCCC)COC(=O)CCCCCCCC.O=C(O)C(F)(F)F. The van der Waals surface area contributed by atoms with Crippen LogP contribution in [0.1, 0.15) is 220 Å². The molecule has 0 heterocycles. The molecule has 0 aromatic carbocycles. The molecule has 0 aliphatic rings. The van der Waals surface area contributed by atoms with Crippen molar-refractivity contribution in [2.24, 2.45) is 17.6 Å². The van der Waals surface area contributed by atoms with Gasteiger partial charge in [0.25, 0.3) is 0 Å². The van der Waals surface area contributed by atoms with Gasteiger partial charge < -0.3 is 39.3 Å². The molecule has 0 spiro atoms. The Labute approximate surface area is 410 Å². The molecular weight excluding hydrogens is 908 g/mol. The number of halogens is 3. The highest BCUT2D eigenvalue weighted by atomic mass is 19.4. The van der Waals surface area contributed by atoms with E-state index in [2.05, 4.69) is 27.7 Å². The number of unbranched alkanes of at least 4 members (excludes halogenated alkanes) is 20. The van der Waals surface area contributed by atoms with Gasteiger partial charge in [0, 0.05) is 37.5 Å². The molecule has 0 amide bonds. The third-order valence-electron chi connectivity index (χ3n) is 10.9. The van der Waals surface area contributed by atoms with Crippen LogP contribution in [0.2, 0.25) is 0 Å². The van der Waals surface area contributed by atoms with Crippen molar-refractivity contribution in [3.63, 3.8) is 0 Å². The van der Waals surface area contributed by atoms with Gasteiger partial charge in [-0.3, -0.25) is 28.8 Å². The smallest absolute Gasteiger partial charge is 0.475 e. The molecule has 0 aromatic heterocycles. The lowest BCUT2D eigenvalue weighted by molar-refractivity contribution is -0.192. The molecule has 0 aromatic rings. The second-order valence-electron chi connectivity index (χ2n) is 17.9. The zero-order chi connectivity index (χ0) is 52.0. The summed E-state index contributed by atoms with van der Waals surface area (Å²) in [5.41, 5.74) is 6.13. The quantitative estimate of drug-likeness (QED) is 0.0329. The summed E-state index contributed by atoms with van der Waals surface area (Å²) >= 11 is 0. The van der Waals surface area contributed by atoms with Crippen LogP contribution in [0.4, 0.5) is 13.2 Å². The molecule has 3 N–H and O–H groups in total. The average molecular weight is 998 g/mol. The number of rotatable bonds is 44. The van der Waals surface area contributed by atoms with Crippen molar-refractivity contribution in [1.29, 1.82) is 0 Å². The lowest BCUT2D eigenvalue weighted by atomic mass is 10.1. The molecule has 15 nitrogen and oxygen atoms in total. The first-order valence-corrected chi connectivity index (χ1v) is 26.0. The number of nitrogens with two attached hydrogens (primary N) is 1. The minimum absolute atomic E-state index is 0.0956. The van der Waals surface area contributed by atoms with Gasteiger partial charge in [0.15, 0.2) is 0 Å². The molecule has 0 unspecified atom stereocenters. The van der Waals surface area contributed by atoms with E-state index in [1.165, 1.54) is 25.7 Å². The zero-order valence-electron chi connectivity index (χ0n) is 42.7. The second-order valence-corrected chi connectivity index (χ2v) is 17.9. The van der Waals surface area contributed by atoms with Crippen LogP contribution >= 0.6 is 0 Å². The second kappa shape index (κ2) is 46.4. The maximum absolute atomic E-state index is 12.9. The van der Waals surface area contributed by atoms with Crippen LogP contribution in [-0.2, 0) is 62.0 Å². The maximum atomic E-state index is 12.9. The number of alkyl halides is 3. The highest BCUT2D eigenvalue weighted by Crippen LogP contribution is 2.16. The van der Waals surface area contributed by atoms with E-state index >= 15 is 0 Å². The Bertz CT molecular complexity index is 1200. The summed E-state index contributed by atoms with van der Waals surface area (Å²) in [5.74, 6) is -6.65. The number of carboxylic acids is 1. The molecule has 0 radical (unpaired) electrons. The molecule has 0 saturated carbocycles. The van der Waals surface area contributed by atoms with E-state index < -0.39 is 42.0 Å². The number of hydrogen-bond acceptors (Lipinski definition) is 14. The monoisotopic (exact) mass is 998 g/mol. The standard InChI is InChI=1S/C49H89NO12.C2HF3O2/c1-5-9-13-17-21-25-29-44(51)57-35-41(36-58-45(52)30-26-22-18-14-10-6-2)33-48(55)61-39-43(50)40-62-49(56)34-42(37-59-46(53)31-27-23-19-15-11-7-3)38-60-47(54)32-28-24-20-16-12-8-4;3-2(4,5)1(6)7/h41-43H,5-40,50H2,1-4H3;(H,6,7). The minimum Gasteiger partial charge on any atom is -0.475 e. The highest BCUT2D eigenvalue weighted by Gasteiger charge is 2.38. The summed E-state index contributed by atoms with van der Waals surface area (Å²) < 4.78 is 64.4. The predicted octanol–water partition coefficient (Wildman–Crippen LogP) is 11.2. The first kappa shape index (κ1) is 67.1. The fraction of sp³-hybridized carbons (Fsp3) is 0.863. The molecule has 0 atom stereocenters. The van der Waals surface area contributed by atoms with Gasteiger partial charge in [0.05, 0.1) is 45.3 Å². The molecule has 0 fully saturated rings. The average Bonchev–Trinajstić information content (AvgIpc) is 3.31. The molecule has 0 saturated heterocycles. The zero-order valence-corrected chi connectivity index (χ0v) is 42.7. The van der Waals surface area contributed by atoms with E-state index in [0.717, 1.165) is 128 Å². The maximum Gasteiger partial charge on any atom is 0.490 e. The van der Waals surface area contributed by atoms with E-state index in [9.17, 15) is 41.9 Å². The minimum atomic E-state index is -5.08. The lowest BCUT2D eigenvalue weighted by Crippen LogP contribution is -2.35. The van der Waals surface area contributed by atoms with Crippen molar-refractivity contribution in [1.82, 2.24) is 0 Å². The van der Waals surface area contributed by atoms with Crippen molar-refractivity contribution < 1.29 is 80.3 Å². The number of carboxylic acid groups (broad SMARTS) is 1. The Morgan fingerprint density at radius 3 is 0.797 bits per heavy atom. The topological polar surface area (TPSA) is 221 Å². The van der Waals surface area contributed by atoms with E-state index in [-0.39, 0.29) is 102 Å². The lowest BCUT2D eigenvalue weighted by Gasteiger charge is -2.19. The Morgan fingerprint density at radius 1 is 0.377 bits per heavy atom. The number of esters is 6. The fourth-order valence-corrected chi connectivity index (χ4v) is 6.70. The third-order valence-corrected chi connectivity index (χ3v) is 10.9. The van der Waals surface area contributed by atoms with Crippen LogP contribution in [0, 0.1) is 11.8 Å². The Morgan fingerprint density at radius 2 is 0.580 bits per heavy atom. The van der Waals surface area contributed by atoms with E-state index in [1.807, 2.05) is 0 Å². The van der Waals surface area contributed by atoms with Gasteiger partial charge in [-0.1, -0.05) is 156 Å². The highest BCUT2D eigenvalue weighted by molar-refractivity contribution is 5.73. The van der Waals surface area contributed by atoms with Gasteiger partial charge >= 0.3 is 48.0 Å². The van der Waals surface area contributed by atoms with Crippen LogP contribution in [0.3, 0.4) is 0 Å². The summed E-state index contributed by atoms with van der Waals surface area (Å²) in [5, 5.41) is 7.12. The molecule has 404 valence electrons. The van der Waals surface area contributed by atoms with Gasteiger partial charge in [-0.05, 0) is 25.7 Å². The van der Waals surface area contributed by atoms with E-state index in [1.54, 1.807) is 0 Å². The van der Waals surface area contributed by atoms with Crippen molar-refractivity contribution in [3.8, 4) is 0 Å². The van der Waals surface area contributed by atoms with Crippen molar-refractivity contribution in [3.05, 3.63) is 0 Å². The van der Waals surface area contributed by atoms with Gasteiger partial charge in [-0.25, -0.2) is 4.79 Å². The number of carbonyl (C=O) groups is 7. The molecule has 0 bridgehead atoms. The van der Waals surface area contributed by atoms with Crippen molar-refractivity contribution in [2.45, 2.75) is 233 Å². The molecule has 18 heteroatoms. The van der Waals surface area contributed by atoms with Crippen LogP contribution in [-0.4, -0.2) is 98.8 Å². The third kappa shape index (κ3) is 47.5. The first-order chi connectivity index (χ1) is 33.0. The van der Waals surface area contributed by atoms with E-state index in [4.69, 9.17) is 44.1 Å². The van der Waals surface area contributed by atoms with Gasteiger partial charge in [-0.15, -0.1) is 0 Å². The molecule has 69 heavy (non-hydrogen) atoms. The van der Waals surface area contributed by atoms with Crippen LogP contribution in [0.25, 0.3) is 0 Å². The predicted molar refractivity (Wildman–Crippen MR) is 256 cm³/mol. The van der Waals surface area contributed by atoms with Crippen LogP contribution in [0.15, 0.2) is 0 Å². The van der Waals surface area contributed by atoms with Crippen molar-refractivity contribution in [2.75, 3.05) is 39.6 Å². The molecular formula is C51H90F3NO14. The number of aliphatic carboxylic acids is 1. The normalized spacial score (nSPS) is 11.2. The number of carbonyl (C=O) groups excluding carboxylic acids is 6. The summed E-state index contributed by atoms with van der Waals surface area (Å²) in [4.78, 5) is 84.5. The number of ether oxygens (including phenoxy) is 6. The van der Waals surface area contributed by atoms with Gasteiger partial charge in [0.1, 0.15) is 13.2 Å². The summed E-state index contributed by atoms with van der Waals surface area (Å²) in [6.45, 7) is 7.74. The summed E-state index contributed by atoms with van der Waals surface area (Å²) in [6.07, 6.45) is 20.5. The molecule has 0 rings (SSSR count). The van der Waals surface area contributed by atoms with Crippen LogP contribution in [0.5, 0.6) is 0 Å². The Kier molecular flexibility index (Phi) is 45.2. The summed E-state index contributed by atoms with van der Waals surface area (Å²) in [6, 6.07) is -0.838. The van der Waals surface area contributed by atoms with Gasteiger partial charge in [-0.2, -0.15) is 13.2 Å². The Balaban J connectivity index is 0. The Hall–Kier alpha value is -3.96. The van der Waals surface area contributed by atoms with Crippen molar-refractivity contribution >= 4 is 41.8 Å².